The zero-order chi connectivity index (χ0) is 23.0. The quantitative estimate of drug-likeness (QED) is 0.519. The van der Waals surface area contributed by atoms with Crippen LogP contribution in [-0.4, -0.2) is 54.5 Å². The number of carbonyl (C=O) groups is 2. The van der Waals surface area contributed by atoms with Crippen molar-refractivity contribution in [1.82, 2.24) is 15.2 Å². The van der Waals surface area contributed by atoms with E-state index in [1.165, 1.54) is 17.4 Å². The van der Waals surface area contributed by atoms with Crippen LogP contribution < -0.4 is 14.8 Å². The predicted molar refractivity (Wildman–Crippen MR) is 128 cm³/mol. The summed E-state index contributed by atoms with van der Waals surface area (Å²) >= 11 is 0. The van der Waals surface area contributed by atoms with Crippen LogP contribution in [0.25, 0.3) is 10.9 Å². The second-order valence-corrected chi connectivity index (χ2v) is 8.19. The molecular weight excluding hydrogens is 418 g/mol. The summed E-state index contributed by atoms with van der Waals surface area (Å²) in [6.45, 7) is 4.37. The lowest BCUT2D eigenvalue weighted by molar-refractivity contribution is -0.134. The van der Waals surface area contributed by atoms with E-state index in [0.717, 1.165) is 37.9 Å². The third-order valence-corrected chi connectivity index (χ3v) is 5.92. The average Bonchev–Trinajstić information content (AvgIpc) is 3.27. The van der Waals surface area contributed by atoms with Gasteiger partial charge in [-0.1, -0.05) is 18.2 Å². The van der Waals surface area contributed by atoms with Gasteiger partial charge in [0.2, 0.25) is 0 Å². The Kier molecular flexibility index (Phi) is 7.50. The van der Waals surface area contributed by atoms with Crippen LogP contribution in [0, 0.1) is 0 Å². The highest BCUT2D eigenvalue weighted by Gasteiger charge is 2.18. The van der Waals surface area contributed by atoms with Gasteiger partial charge in [0.25, 0.3) is 11.8 Å². The Morgan fingerprint density at radius 1 is 1.03 bits per heavy atom. The van der Waals surface area contributed by atoms with E-state index < -0.39 is 0 Å². The summed E-state index contributed by atoms with van der Waals surface area (Å²) in [5.74, 6) is 0.744. The first-order valence-electron chi connectivity index (χ1n) is 11.7. The predicted octanol–water partition coefficient (Wildman–Crippen LogP) is 3.93. The number of carbonyl (C=O) groups excluding carboxylic acids is 2. The van der Waals surface area contributed by atoms with Gasteiger partial charge in [-0.15, -0.1) is 0 Å². The van der Waals surface area contributed by atoms with E-state index >= 15 is 0 Å². The molecule has 0 atom stereocenters. The highest BCUT2D eigenvalue weighted by Crippen LogP contribution is 2.29. The average molecular weight is 450 g/mol. The van der Waals surface area contributed by atoms with E-state index in [9.17, 15) is 9.59 Å². The van der Waals surface area contributed by atoms with Crippen LogP contribution in [0.5, 0.6) is 11.5 Å². The van der Waals surface area contributed by atoms with Gasteiger partial charge in [-0.3, -0.25) is 9.59 Å². The lowest BCUT2D eigenvalue weighted by Gasteiger charge is -2.26. The largest absolute Gasteiger partial charge is 0.490 e. The van der Waals surface area contributed by atoms with Crippen molar-refractivity contribution in [3.63, 3.8) is 0 Å². The molecule has 2 heterocycles. The fourth-order valence-corrected chi connectivity index (χ4v) is 4.16. The molecule has 2 amide bonds. The number of rotatable bonds is 9. The third-order valence-electron chi connectivity index (χ3n) is 5.92. The van der Waals surface area contributed by atoms with Crippen molar-refractivity contribution in [2.24, 2.45) is 0 Å². The lowest BCUT2D eigenvalue weighted by atomic mass is 10.1. The van der Waals surface area contributed by atoms with Gasteiger partial charge in [0.1, 0.15) is 0 Å². The molecule has 0 spiro atoms. The van der Waals surface area contributed by atoms with E-state index in [1.54, 1.807) is 18.2 Å². The Labute approximate surface area is 194 Å². The molecule has 4 rings (SSSR count). The number of nitrogens with one attached hydrogen (secondary N) is 2. The Balaban J connectivity index is 1.34. The second-order valence-electron chi connectivity index (χ2n) is 8.19. The van der Waals surface area contributed by atoms with E-state index in [1.807, 2.05) is 36.2 Å². The Bertz CT molecular complexity index is 1100. The summed E-state index contributed by atoms with van der Waals surface area (Å²) in [6, 6.07) is 13.2. The standard InChI is InChI=1S/C26H31N3O4/c1-2-32-24-16-19(10-11-23(24)33-18-25(30)29-14-6-3-7-15-29)26(31)27-13-12-20-17-28-22-9-5-4-8-21(20)22/h4-5,8-11,16-17,28H,2-3,6-7,12-15,18H2,1H3,(H,27,31). The van der Waals surface area contributed by atoms with Crippen LogP contribution in [0.2, 0.25) is 0 Å². The second kappa shape index (κ2) is 10.9. The smallest absolute Gasteiger partial charge is 0.260 e. The molecule has 1 saturated heterocycles. The number of nitrogens with zero attached hydrogens (tertiary/aromatic N) is 1. The Hall–Kier alpha value is -3.48. The maximum Gasteiger partial charge on any atom is 0.260 e. The minimum atomic E-state index is -0.174. The summed E-state index contributed by atoms with van der Waals surface area (Å²) in [5.41, 5.74) is 2.75. The first-order valence-corrected chi connectivity index (χ1v) is 11.7. The summed E-state index contributed by atoms with van der Waals surface area (Å²) < 4.78 is 11.4. The van der Waals surface area contributed by atoms with Crippen molar-refractivity contribution in [3.8, 4) is 11.5 Å². The van der Waals surface area contributed by atoms with Crippen LogP contribution in [0.3, 0.4) is 0 Å². The maximum atomic E-state index is 12.7. The number of likely N-dealkylation sites (tertiary alicyclic amines) is 1. The van der Waals surface area contributed by atoms with Crippen molar-refractivity contribution in [2.75, 3.05) is 32.8 Å². The molecule has 1 aromatic heterocycles. The SMILES string of the molecule is CCOc1cc(C(=O)NCCc2c[nH]c3ccccc23)ccc1OCC(=O)N1CCCCC1. The van der Waals surface area contributed by atoms with E-state index in [4.69, 9.17) is 9.47 Å². The first-order chi connectivity index (χ1) is 16.2. The number of para-hydroxylation sites is 1. The molecule has 1 aliphatic rings. The van der Waals surface area contributed by atoms with Gasteiger partial charge >= 0.3 is 0 Å². The zero-order valence-corrected chi connectivity index (χ0v) is 19.1. The molecule has 2 aromatic carbocycles. The number of hydrogen-bond acceptors (Lipinski definition) is 4. The van der Waals surface area contributed by atoms with Gasteiger partial charge in [0.15, 0.2) is 18.1 Å². The van der Waals surface area contributed by atoms with E-state index in [2.05, 4.69) is 16.4 Å². The molecule has 7 heteroatoms. The van der Waals surface area contributed by atoms with Crippen LogP contribution in [0.1, 0.15) is 42.1 Å². The van der Waals surface area contributed by atoms with Crippen molar-refractivity contribution < 1.29 is 19.1 Å². The number of benzene rings is 2. The van der Waals surface area contributed by atoms with Gasteiger partial charge in [0.05, 0.1) is 6.61 Å². The molecule has 7 nitrogen and oxygen atoms in total. The molecule has 0 unspecified atom stereocenters. The summed E-state index contributed by atoms with van der Waals surface area (Å²) in [5, 5.41) is 4.15. The molecular formula is C26H31N3O4. The van der Waals surface area contributed by atoms with Gasteiger partial charge in [0, 0.05) is 42.3 Å². The minimum Gasteiger partial charge on any atom is -0.490 e. The molecule has 2 N–H and O–H groups in total. The number of fused-ring (bicyclic) bond motifs is 1. The van der Waals surface area contributed by atoms with Crippen LogP contribution in [0.15, 0.2) is 48.7 Å². The third kappa shape index (κ3) is 5.66. The topological polar surface area (TPSA) is 83.7 Å². The molecule has 0 saturated carbocycles. The number of H-pyrrole nitrogens is 1. The number of ether oxygens (including phenoxy) is 2. The molecule has 1 fully saturated rings. The monoisotopic (exact) mass is 449 g/mol. The number of amides is 2. The normalized spacial score (nSPS) is 13.7. The van der Waals surface area contributed by atoms with Crippen LogP contribution in [0.4, 0.5) is 0 Å². The van der Waals surface area contributed by atoms with E-state index in [-0.39, 0.29) is 18.4 Å². The zero-order valence-electron chi connectivity index (χ0n) is 19.1. The fraction of sp³-hybridized carbons (Fsp3) is 0.385. The molecule has 174 valence electrons. The van der Waals surface area contributed by atoms with Crippen molar-refractivity contribution in [3.05, 3.63) is 59.8 Å². The van der Waals surface area contributed by atoms with Gasteiger partial charge in [-0.25, -0.2) is 0 Å². The highest BCUT2D eigenvalue weighted by atomic mass is 16.5. The molecule has 0 aliphatic carbocycles. The molecule has 3 aromatic rings. The van der Waals surface area contributed by atoms with Crippen molar-refractivity contribution in [2.45, 2.75) is 32.6 Å². The summed E-state index contributed by atoms with van der Waals surface area (Å²) in [4.78, 5) is 30.2. The number of hydrogen-bond donors (Lipinski definition) is 2. The molecule has 0 bridgehead atoms. The molecule has 1 aliphatic heterocycles. The van der Waals surface area contributed by atoms with Crippen LogP contribution >= 0.6 is 0 Å². The summed E-state index contributed by atoms with van der Waals surface area (Å²) in [6.07, 6.45) is 5.97. The van der Waals surface area contributed by atoms with Gasteiger partial charge < -0.3 is 24.7 Å². The minimum absolute atomic E-state index is 0.0174. The highest BCUT2D eigenvalue weighted by molar-refractivity contribution is 5.95. The van der Waals surface area contributed by atoms with Gasteiger partial charge in [-0.2, -0.15) is 0 Å². The first kappa shape index (κ1) is 22.7. The van der Waals surface area contributed by atoms with Crippen molar-refractivity contribution >= 4 is 22.7 Å². The fourth-order valence-electron chi connectivity index (χ4n) is 4.16. The number of aromatic nitrogens is 1. The Morgan fingerprint density at radius 2 is 1.85 bits per heavy atom. The van der Waals surface area contributed by atoms with Crippen molar-refractivity contribution in [1.29, 1.82) is 0 Å². The number of piperidine rings is 1. The van der Waals surface area contributed by atoms with E-state index in [0.29, 0.717) is 30.2 Å². The molecule has 33 heavy (non-hydrogen) atoms. The lowest BCUT2D eigenvalue weighted by Crippen LogP contribution is -2.38. The van der Waals surface area contributed by atoms with Crippen LogP contribution in [-0.2, 0) is 11.2 Å². The molecule has 0 radical (unpaired) electrons. The summed E-state index contributed by atoms with van der Waals surface area (Å²) in [7, 11) is 0. The van der Waals surface area contributed by atoms with Gasteiger partial charge in [-0.05, 0) is 62.4 Å². The Morgan fingerprint density at radius 3 is 2.67 bits per heavy atom. The maximum absolute atomic E-state index is 12.7. The number of aromatic amines is 1.